The van der Waals surface area contributed by atoms with Crippen LogP contribution < -0.4 is 5.32 Å². The number of non-ortho nitro benzene ring substituents is 1. The summed E-state index contributed by atoms with van der Waals surface area (Å²) in [5.41, 5.74) is -0.723. The summed E-state index contributed by atoms with van der Waals surface area (Å²) in [5, 5.41) is 12.6. The smallest absolute Gasteiger partial charge is 0.330 e. The molecule has 0 aliphatic carbocycles. The van der Waals surface area contributed by atoms with Gasteiger partial charge in [-0.05, 0) is 13.0 Å². The van der Waals surface area contributed by atoms with Crippen molar-refractivity contribution in [1.82, 2.24) is 0 Å². The number of nitrogens with zero attached hydrogens (tertiary/aromatic N) is 1. The van der Waals surface area contributed by atoms with E-state index in [4.69, 9.17) is 0 Å². The van der Waals surface area contributed by atoms with Gasteiger partial charge in [-0.15, -0.1) is 0 Å². The first-order valence-electron chi connectivity index (χ1n) is 5.47. The third-order valence-corrected chi connectivity index (χ3v) is 2.08. The molecule has 0 saturated heterocycles. The van der Waals surface area contributed by atoms with Crippen molar-refractivity contribution in [3.05, 3.63) is 46.3 Å². The van der Waals surface area contributed by atoms with Crippen LogP contribution in [0.4, 0.5) is 15.8 Å². The van der Waals surface area contributed by atoms with Crippen molar-refractivity contribution in [2.24, 2.45) is 0 Å². The second-order valence-electron chi connectivity index (χ2n) is 3.58. The molecule has 106 valence electrons. The molecular weight excluding hydrogens is 271 g/mol. The average molecular weight is 282 g/mol. The van der Waals surface area contributed by atoms with Crippen LogP contribution in [-0.4, -0.2) is 23.4 Å². The zero-order valence-corrected chi connectivity index (χ0v) is 10.5. The first-order chi connectivity index (χ1) is 9.43. The van der Waals surface area contributed by atoms with Crippen molar-refractivity contribution in [3.63, 3.8) is 0 Å². The number of nitro benzene ring substituents is 1. The highest BCUT2D eigenvalue weighted by atomic mass is 19.1. The predicted molar refractivity (Wildman–Crippen MR) is 67.5 cm³/mol. The minimum Gasteiger partial charge on any atom is -0.452 e. The van der Waals surface area contributed by atoms with Crippen molar-refractivity contribution in [3.8, 4) is 0 Å². The largest absolute Gasteiger partial charge is 0.452 e. The van der Waals surface area contributed by atoms with Crippen molar-refractivity contribution in [1.29, 1.82) is 0 Å². The van der Waals surface area contributed by atoms with Gasteiger partial charge >= 0.3 is 5.97 Å². The zero-order valence-electron chi connectivity index (χ0n) is 10.5. The fraction of sp³-hybridized carbons (Fsp3) is 0.167. The van der Waals surface area contributed by atoms with Gasteiger partial charge in [0.1, 0.15) is 5.82 Å². The monoisotopic (exact) mass is 282 g/mol. The summed E-state index contributed by atoms with van der Waals surface area (Å²) in [4.78, 5) is 32.2. The normalized spacial score (nSPS) is 10.3. The van der Waals surface area contributed by atoms with E-state index in [1.807, 2.05) is 0 Å². The van der Waals surface area contributed by atoms with Crippen LogP contribution in [0.25, 0.3) is 0 Å². The van der Waals surface area contributed by atoms with E-state index in [2.05, 4.69) is 10.1 Å². The SMILES string of the molecule is C/C=C/C(=O)OCC(=O)Nc1cc([N+](=O)[O-])ccc1F. The Morgan fingerprint density at radius 1 is 1.50 bits per heavy atom. The molecule has 0 saturated carbocycles. The number of hydrogen-bond donors (Lipinski definition) is 1. The summed E-state index contributed by atoms with van der Waals surface area (Å²) < 4.78 is 17.9. The number of nitrogens with one attached hydrogen (secondary N) is 1. The Hall–Kier alpha value is -2.77. The molecule has 0 unspecified atom stereocenters. The number of ether oxygens (including phenoxy) is 1. The van der Waals surface area contributed by atoms with Gasteiger partial charge in [0, 0.05) is 18.2 Å². The standard InChI is InChI=1S/C12H11FN2O5/c1-2-3-12(17)20-7-11(16)14-10-6-8(15(18)19)4-5-9(10)13/h2-6H,7H2,1H3,(H,14,16)/b3-2+. The third-order valence-electron chi connectivity index (χ3n) is 2.08. The number of nitro groups is 1. The van der Waals surface area contributed by atoms with Gasteiger partial charge in [0.2, 0.25) is 0 Å². The molecular formula is C12H11FN2O5. The van der Waals surface area contributed by atoms with Crippen molar-refractivity contribution < 1.29 is 23.6 Å². The highest BCUT2D eigenvalue weighted by Crippen LogP contribution is 2.21. The van der Waals surface area contributed by atoms with E-state index >= 15 is 0 Å². The third kappa shape index (κ3) is 4.48. The van der Waals surface area contributed by atoms with Gasteiger partial charge in [-0.25, -0.2) is 9.18 Å². The zero-order chi connectivity index (χ0) is 15.1. The van der Waals surface area contributed by atoms with Crippen molar-refractivity contribution in [2.75, 3.05) is 11.9 Å². The molecule has 1 rings (SSSR count). The van der Waals surface area contributed by atoms with E-state index in [0.29, 0.717) is 0 Å². The summed E-state index contributed by atoms with van der Waals surface area (Å²) in [6.07, 6.45) is 2.54. The molecule has 0 heterocycles. The summed E-state index contributed by atoms with van der Waals surface area (Å²) >= 11 is 0. The predicted octanol–water partition coefficient (Wildman–Crippen LogP) is 1.79. The van der Waals surface area contributed by atoms with Crippen LogP contribution in [0.3, 0.4) is 0 Å². The van der Waals surface area contributed by atoms with Gasteiger partial charge in [-0.2, -0.15) is 0 Å². The fourth-order valence-corrected chi connectivity index (χ4v) is 1.23. The summed E-state index contributed by atoms with van der Waals surface area (Å²) in [5.74, 6) is -2.35. The van der Waals surface area contributed by atoms with Gasteiger partial charge in [0.15, 0.2) is 6.61 Å². The van der Waals surface area contributed by atoms with Gasteiger partial charge in [0.25, 0.3) is 11.6 Å². The maximum Gasteiger partial charge on any atom is 0.330 e. The Bertz CT molecular complexity index is 571. The Balaban J connectivity index is 2.68. The molecule has 20 heavy (non-hydrogen) atoms. The molecule has 0 spiro atoms. The lowest BCUT2D eigenvalue weighted by atomic mass is 10.2. The molecule has 1 aromatic carbocycles. The first kappa shape index (κ1) is 15.3. The highest BCUT2D eigenvalue weighted by molar-refractivity contribution is 5.94. The lowest BCUT2D eigenvalue weighted by Gasteiger charge is -2.06. The van der Waals surface area contributed by atoms with Crippen LogP contribution in [0.5, 0.6) is 0 Å². The number of halogens is 1. The molecule has 1 N–H and O–H groups in total. The Morgan fingerprint density at radius 2 is 2.20 bits per heavy atom. The molecule has 0 aliphatic heterocycles. The van der Waals surface area contributed by atoms with Crippen LogP contribution in [0.1, 0.15) is 6.92 Å². The molecule has 7 nitrogen and oxygen atoms in total. The highest BCUT2D eigenvalue weighted by Gasteiger charge is 2.13. The number of benzene rings is 1. The number of carbonyl (C=O) groups excluding carboxylic acids is 2. The van der Waals surface area contributed by atoms with E-state index < -0.39 is 29.2 Å². The molecule has 0 aliphatic rings. The van der Waals surface area contributed by atoms with Crippen LogP contribution in [0.15, 0.2) is 30.4 Å². The Labute approximate surface area is 113 Å². The molecule has 0 fully saturated rings. The topological polar surface area (TPSA) is 98.5 Å². The van der Waals surface area contributed by atoms with Crippen LogP contribution >= 0.6 is 0 Å². The number of hydrogen-bond acceptors (Lipinski definition) is 5. The molecule has 0 atom stereocenters. The van der Waals surface area contributed by atoms with Gasteiger partial charge in [-0.3, -0.25) is 14.9 Å². The van der Waals surface area contributed by atoms with Crippen LogP contribution in [-0.2, 0) is 14.3 Å². The number of rotatable bonds is 5. The molecule has 1 aromatic rings. The minimum atomic E-state index is -0.830. The second kappa shape index (κ2) is 6.98. The van der Waals surface area contributed by atoms with E-state index in [9.17, 15) is 24.1 Å². The second-order valence-corrected chi connectivity index (χ2v) is 3.58. The Morgan fingerprint density at radius 3 is 2.80 bits per heavy atom. The number of esters is 1. The molecule has 8 heteroatoms. The lowest BCUT2D eigenvalue weighted by Crippen LogP contribution is -2.20. The minimum absolute atomic E-state index is 0.355. The summed E-state index contributed by atoms with van der Waals surface area (Å²) in [6, 6.07) is 2.71. The van der Waals surface area contributed by atoms with Gasteiger partial charge in [-0.1, -0.05) is 6.08 Å². The molecule has 0 aromatic heterocycles. The maximum atomic E-state index is 13.4. The van der Waals surface area contributed by atoms with Crippen molar-refractivity contribution in [2.45, 2.75) is 6.92 Å². The number of anilines is 1. The van der Waals surface area contributed by atoms with E-state index in [1.165, 1.54) is 6.08 Å². The molecule has 0 radical (unpaired) electrons. The Kier molecular flexibility index (Phi) is 5.33. The van der Waals surface area contributed by atoms with Crippen LogP contribution in [0.2, 0.25) is 0 Å². The molecule has 1 amide bonds. The number of carbonyl (C=O) groups is 2. The van der Waals surface area contributed by atoms with Crippen LogP contribution in [0, 0.1) is 15.9 Å². The first-order valence-corrected chi connectivity index (χ1v) is 5.47. The van der Waals surface area contributed by atoms with E-state index in [1.54, 1.807) is 6.92 Å². The van der Waals surface area contributed by atoms with Crippen molar-refractivity contribution >= 4 is 23.3 Å². The number of amides is 1. The quantitative estimate of drug-likeness (QED) is 0.384. The van der Waals surface area contributed by atoms with Gasteiger partial charge < -0.3 is 10.1 Å². The molecule has 0 bridgehead atoms. The lowest BCUT2D eigenvalue weighted by molar-refractivity contribution is -0.384. The average Bonchev–Trinajstić information content (AvgIpc) is 2.39. The number of allylic oxidation sites excluding steroid dienone is 1. The summed E-state index contributed by atoms with van der Waals surface area (Å²) in [7, 11) is 0. The van der Waals surface area contributed by atoms with E-state index in [0.717, 1.165) is 24.3 Å². The maximum absolute atomic E-state index is 13.4. The van der Waals surface area contributed by atoms with E-state index in [-0.39, 0.29) is 11.4 Å². The summed E-state index contributed by atoms with van der Waals surface area (Å²) in [6.45, 7) is 0.977. The fourth-order valence-electron chi connectivity index (χ4n) is 1.23. The van der Waals surface area contributed by atoms with Gasteiger partial charge in [0.05, 0.1) is 10.6 Å².